The van der Waals surface area contributed by atoms with E-state index in [0.29, 0.717) is 33.8 Å². The summed E-state index contributed by atoms with van der Waals surface area (Å²) in [7, 11) is 0. The number of piperidine rings is 1. The third kappa shape index (κ3) is 7.34. The molecule has 1 unspecified atom stereocenters. The van der Waals surface area contributed by atoms with Crippen LogP contribution in [0.1, 0.15) is 76.5 Å². The molecule has 6 N–H and O–H groups in total. The Morgan fingerprint density at radius 2 is 2.07 bits per heavy atom. The topological polar surface area (TPSA) is 125 Å². The number of halogens is 2. The van der Waals surface area contributed by atoms with Crippen LogP contribution < -0.4 is 22.1 Å². The fraction of sp³-hybridized carbons (Fsp3) is 0.424. The summed E-state index contributed by atoms with van der Waals surface area (Å²) in [5, 5.41) is 15.3. The van der Waals surface area contributed by atoms with E-state index in [9.17, 15) is 4.79 Å². The van der Waals surface area contributed by atoms with E-state index < -0.39 is 11.5 Å². The minimum atomic E-state index is -0.511. The number of nitrogens with one attached hydrogen (secondary N) is 4. The maximum atomic E-state index is 15.1. The largest absolute Gasteiger partial charge is 0.374 e. The molecule has 3 atom stereocenters. The van der Waals surface area contributed by atoms with Gasteiger partial charge in [0.15, 0.2) is 5.82 Å². The van der Waals surface area contributed by atoms with Gasteiger partial charge < -0.3 is 21.4 Å². The molecule has 5 rings (SSSR count). The number of H-pyrrole nitrogens is 1. The number of amidine groups is 1. The first-order valence-corrected chi connectivity index (χ1v) is 15.4. The zero-order valence-electron chi connectivity index (χ0n) is 25.1. The maximum Gasteiger partial charge on any atom is 0.354 e. The van der Waals surface area contributed by atoms with E-state index in [4.69, 9.17) is 22.7 Å². The second-order valence-corrected chi connectivity index (χ2v) is 12.6. The van der Waals surface area contributed by atoms with Crippen LogP contribution in [0.5, 0.6) is 0 Å². The molecule has 1 saturated heterocycles. The molecule has 1 aliphatic heterocycles. The zero-order valence-corrected chi connectivity index (χ0v) is 25.8. The van der Waals surface area contributed by atoms with Crippen molar-refractivity contribution in [3.63, 3.8) is 0 Å². The van der Waals surface area contributed by atoms with E-state index in [0.717, 1.165) is 57.1 Å². The van der Waals surface area contributed by atoms with Gasteiger partial charge in [0, 0.05) is 41.3 Å². The van der Waals surface area contributed by atoms with Crippen molar-refractivity contribution in [3.8, 4) is 16.9 Å². The molecular weight excluding hydrogens is 565 g/mol. The predicted octanol–water partition coefficient (Wildman–Crippen LogP) is 6.39. The number of rotatable bonds is 10. The Kier molecular flexibility index (Phi) is 9.34. The molecule has 0 aliphatic carbocycles. The van der Waals surface area contributed by atoms with Crippen molar-refractivity contribution >= 4 is 28.5 Å². The van der Waals surface area contributed by atoms with Crippen LogP contribution in [0.3, 0.4) is 0 Å². The van der Waals surface area contributed by atoms with Crippen LogP contribution in [-0.4, -0.2) is 38.5 Å². The van der Waals surface area contributed by atoms with Crippen LogP contribution in [0.25, 0.3) is 28.0 Å². The summed E-state index contributed by atoms with van der Waals surface area (Å²) in [6.07, 6.45) is 8.42. The molecule has 1 aliphatic rings. The van der Waals surface area contributed by atoms with Gasteiger partial charge in [-0.05, 0) is 107 Å². The van der Waals surface area contributed by atoms with Crippen molar-refractivity contribution in [1.82, 2.24) is 25.2 Å². The Balaban J connectivity index is 1.36. The Morgan fingerprint density at radius 3 is 2.79 bits per heavy atom. The molecule has 1 fully saturated rings. The summed E-state index contributed by atoms with van der Waals surface area (Å²) in [4.78, 5) is 20.4. The molecule has 2 aromatic carbocycles. The van der Waals surface area contributed by atoms with Gasteiger partial charge >= 0.3 is 5.69 Å². The number of benzene rings is 2. The lowest BCUT2D eigenvalue weighted by Gasteiger charge is -2.40. The summed E-state index contributed by atoms with van der Waals surface area (Å²) in [5.74, 6) is -0.0247. The summed E-state index contributed by atoms with van der Waals surface area (Å²) in [6.45, 7) is 6.74. The van der Waals surface area contributed by atoms with E-state index in [2.05, 4.69) is 39.7 Å². The Bertz CT molecular complexity index is 1660. The first-order valence-electron chi connectivity index (χ1n) is 15.0. The molecule has 4 aromatic rings. The van der Waals surface area contributed by atoms with Crippen molar-refractivity contribution in [2.45, 2.75) is 83.3 Å². The van der Waals surface area contributed by atoms with E-state index in [-0.39, 0.29) is 22.6 Å². The number of aryl methyl sites for hydroxylation is 1. The Morgan fingerprint density at radius 1 is 1.30 bits per heavy atom. The van der Waals surface area contributed by atoms with Crippen LogP contribution >= 0.6 is 11.6 Å². The Hall–Kier alpha value is -3.53. The quantitative estimate of drug-likeness (QED) is 0.106. The number of nitrogens with zero attached hydrogens (tertiary/aromatic N) is 2. The highest BCUT2D eigenvalue weighted by Gasteiger charge is 2.31. The van der Waals surface area contributed by atoms with E-state index in [1.54, 1.807) is 31.3 Å². The number of nitrogens with two attached hydrogens (primary N) is 1. The predicted molar refractivity (Wildman–Crippen MR) is 173 cm³/mol. The van der Waals surface area contributed by atoms with Crippen LogP contribution in [0.4, 0.5) is 4.39 Å². The van der Waals surface area contributed by atoms with Crippen molar-refractivity contribution < 1.29 is 4.39 Å². The first-order chi connectivity index (χ1) is 20.5. The number of aromatic nitrogens is 3. The van der Waals surface area contributed by atoms with Crippen LogP contribution in [0.15, 0.2) is 53.5 Å². The van der Waals surface area contributed by atoms with Gasteiger partial charge in [-0.15, -0.1) is 0 Å². The van der Waals surface area contributed by atoms with Gasteiger partial charge in [0.2, 0.25) is 0 Å². The van der Waals surface area contributed by atoms with Crippen LogP contribution in [0.2, 0.25) is 5.02 Å². The van der Waals surface area contributed by atoms with E-state index in [1.807, 2.05) is 19.1 Å². The molecule has 3 heterocycles. The normalized spacial score (nSPS) is 19.4. The van der Waals surface area contributed by atoms with Gasteiger partial charge in [0.1, 0.15) is 5.65 Å². The average molecular weight is 606 g/mol. The minimum Gasteiger partial charge on any atom is -0.374 e. The number of aromatic amines is 1. The average Bonchev–Trinajstić information content (AvgIpc) is 3.36. The van der Waals surface area contributed by atoms with E-state index >= 15 is 4.39 Å². The molecule has 0 radical (unpaired) electrons. The number of fused-ring (bicyclic) bond motifs is 1. The first kappa shape index (κ1) is 30.9. The van der Waals surface area contributed by atoms with Crippen LogP contribution in [-0.2, 0) is 6.42 Å². The highest BCUT2D eigenvalue weighted by Crippen LogP contribution is 2.34. The standard InChI is InChI=1S/C33H41ClFN7O/c1-20(36)6-4-7-22-16-26(30(35)27(34)17-22)29-18-24-19-42(32(43)40-31(24)39-29)25-11-9-23(10-12-25)28-8-5-13-33(3,41-28)14-15-38-21(2)37/h9-12,16-20,28,41H,4-8,13-15,36H2,1-3H3,(H2,37,38)(H,39,40,43)/t20-,28-,33?/m0/s1. The molecule has 43 heavy (non-hydrogen) atoms. The monoisotopic (exact) mass is 605 g/mol. The van der Waals surface area contributed by atoms with Gasteiger partial charge in [0.05, 0.1) is 22.2 Å². The lowest BCUT2D eigenvalue weighted by molar-refractivity contribution is 0.213. The SMILES string of the molecule is CC(=N)NCCC1(C)CCC[C@@H](c2ccc(-n3cc4cc(-c5cc(CCC[C@H](C)N)cc(Cl)c5F)[nH]c4nc3=O)cc2)N1. The number of hydrogen-bond acceptors (Lipinski definition) is 5. The molecule has 0 saturated carbocycles. The van der Waals surface area contributed by atoms with Gasteiger partial charge in [0.25, 0.3) is 0 Å². The van der Waals surface area contributed by atoms with E-state index in [1.165, 1.54) is 10.1 Å². The maximum absolute atomic E-state index is 15.1. The molecule has 0 bridgehead atoms. The van der Waals surface area contributed by atoms with Gasteiger partial charge in [-0.3, -0.25) is 9.98 Å². The molecule has 228 valence electrons. The van der Waals surface area contributed by atoms with Crippen molar-refractivity contribution in [3.05, 3.63) is 81.1 Å². The summed E-state index contributed by atoms with van der Waals surface area (Å²) in [6, 6.07) is 13.6. The van der Waals surface area contributed by atoms with Gasteiger partial charge in [-0.2, -0.15) is 4.98 Å². The second-order valence-electron chi connectivity index (χ2n) is 12.2. The third-order valence-electron chi connectivity index (χ3n) is 8.40. The van der Waals surface area contributed by atoms with Crippen molar-refractivity contribution in [2.24, 2.45) is 5.73 Å². The third-order valence-corrected chi connectivity index (χ3v) is 8.67. The summed E-state index contributed by atoms with van der Waals surface area (Å²) >= 11 is 6.26. The second kappa shape index (κ2) is 13.0. The molecule has 0 amide bonds. The molecule has 0 spiro atoms. The summed E-state index contributed by atoms with van der Waals surface area (Å²) in [5.41, 5.74) is 9.52. The minimum absolute atomic E-state index is 0.00577. The van der Waals surface area contributed by atoms with Crippen LogP contribution in [0, 0.1) is 11.2 Å². The molecule has 2 aromatic heterocycles. The summed E-state index contributed by atoms with van der Waals surface area (Å²) < 4.78 is 16.6. The fourth-order valence-corrected chi connectivity index (χ4v) is 6.28. The van der Waals surface area contributed by atoms with Crippen molar-refractivity contribution in [2.75, 3.05) is 6.54 Å². The Labute approximate surface area is 256 Å². The molecule has 10 heteroatoms. The van der Waals surface area contributed by atoms with Gasteiger partial charge in [-0.25, -0.2) is 9.18 Å². The fourth-order valence-electron chi connectivity index (χ4n) is 6.04. The molecule has 8 nitrogen and oxygen atoms in total. The lowest BCUT2D eigenvalue weighted by Crippen LogP contribution is -2.49. The number of hydrogen-bond donors (Lipinski definition) is 5. The van der Waals surface area contributed by atoms with Gasteiger partial charge in [-0.1, -0.05) is 23.7 Å². The zero-order chi connectivity index (χ0) is 30.7. The smallest absolute Gasteiger partial charge is 0.354 e. The lowest BCUT2D eigenvalue weighted by atomic mass is 9.83. The highest BCUT2D eigenvalue weighted by atomic mass is 35.5. The van der Waals surface area contributed by atoms with Crippen molar-refractivity contribution in [1.29, 1.82) is 5.41 Å². The highest BCUT2D eigenvalue weighted by molar-refractivity contribution is 6.31. The molecular formula is C33H41ClFN7O.